The molecule has 0 aliphatic carbocycles. The summed E-state index contributed by atoms with van der Waals surface area (Å²) in [5, 5.41) is 16.9. The fraction of sp³-hybridized carbons (Fsp3) is 0.125. The van der Waals surface area contributed by atoms with Gasteiger partial charge in [-0.15, -0.1) is 5.11 Å². The highest BCUT2D eigenvalue weighted by Gasteiger charge is 2.02. The summed E-state index contributed by atoms with van der Waals surface area (Å²) in [7, 11) is 0. The van der Waals surface area contributed by atoms with Crippen molar-refractivity contribution in [2.75, 3.05) is 0 Å². The van der Waals surface area contributed by atoms with E-state index in [0.717, 1.165) is 0 Å². The SMILES string of the molecule is CC(=O)ON=Nc1ccc([N+](=O)[O-])cc1. The van der Waals surface area contributed by atoms with E-state index in [0.29, 0.717) is 5.69 Å². The standard InChI is InChI=1S/C8H7N3O4/c1-6(12)15-10-9-7-2-4-8(5-3-7)11(13)14/h2-5H,1H3. The maximum atomic E-state index is 10.3. The molecule has 7 nitrogen and oxygen atoms in total. The van der Waals surface area contributed by atoms with E-state index < -0.39 is 10.9 Å². The molecular formula is C8H7N3O4. The van der Waals surface area contributed by atoms with Crippen molar-refractivity contribution in [3.63, 3.8) is 0 Å². The second-order valence-corrected chi connectivity index (χ2v) is 2.54. The third-order valence-electron chi connectivity index (χ3n) is 1.39. The number of nitro benzene ring substituents is 1. The van der Waals surface area contributed by atoms with E-state index in [4.69, 9.17) is 0 Å². The number of nitro groups is 1. The molecule has 0 aromatic heterocycles. The highest BCUT2D eigenvalue weighted by molar-refractivity contribution is 5.65. The summed E-state index contributed by atoms with van der Waals surface area (Å²) >= 11 is 0. The van der Waals surface area contributed by atoms with Crippen LogP contribution >= 0.6 is 0 Å². The summed E-state index contributed by atoms with van der Waals surface area (Å²) in [5.74, 6) is -0.583. The van der Waals surface area contributed by atoms with Crippen molar-refractivity contribution in [1.29, 1.82) is 0 Å². The van der Waals surface area contributed by atoms with Gasteiger partial charge in [-0.25, -0.2) is 4.79 Å². The average Bonchev–Trinajstić information content (AvgIpc) is 2.18. The molecule has 15 heavy (non-hydrogen) atoms. The Bertz CT molecular complexity index is 399. The molecule has 78 valence electrons. The minimum atomic E-state index is -0.583. The van der Waals surface area contributed by atoms with Crippen molar-refractivity contribution >= 4 is 17.3 Å². The zero-order chi connectivity index (χ0) is 11.3. The summed E-state index contributed by atoms with van der Waals surface area (Å²) < 4.78 is 0. The van der Waals surface area contributed by atoms with Crippen LogP contribution in [0.1, 0.15) is 6.92 Å². The first kappa shape index (κ1) is 10.8. The van der Waals surface area contributed by atoms with E-state index in [9.17, 15) is 14.9 Å². The molecule has 0 spiro atoms. The number of hydrogen-bond acceptors (Lipinski definition) is 6. The van der Waals surface area contributed by atoms with E-state index >= 15 is 0 Å². The van der Waals surface area contributed by atoms with Gasteiger partial charge in [-0.05, 0) is 12.1 Å². The van der Waals surface area contributed by atoms with Gasteiger partial charge in [-0.3, -0.25) is 10.1 Å². The summed E-state index contributed by atoms with van der Waals surface area (Å²) in [4.78, 5) is 24.3. The molecule has 0 atom stereocenters. The molecule has 0 saturated carbocycles. The third-order valence-corrected chi connectivity index (χ3v) is 1.39. The Kier molecular flexibility index (Phi) is 3.44. The maximum Gasteiger partial charge on any atom is 0.333 e. The van der Waals surface area contributed by atoms with Crippen molar-refractivity contribution < 1.29 is 14.6 Å². The molecule has 0 N–H and O–H groups in total. The number of rotatable bonds is 3. The second-order valence-electron chi connectivity index (χ2n) is 2.54. The topological polar surface area (TPSA) is 94.2 Å². The van der Waals surface area contributed by atoms with E-state index in [2.05, 4.69) is 15.2 Å². The first-order chi connectivity index (χ1) is 7.09. The van der Waals surface area contributed by atoms with E-state index in [1.165, 1.54) is 31.2 Å². The monoisotopic (exact) mass is 209 g/mol. The van der Waals surface area contributed by atoms with Gasteiger partial charge in [0.2, 0.25) is 0 Å². The van der Waals surface area contributed by atoms with Crippen LogP contribution in [0.4, 0.5) is 11.4 Å². The Balaban J connectivity index is 2.68. The lowest BCUT2D eigenvalue weighted by Crippen LogP contribution is -1.88. The van der Waals surface area contributed by atoms with E-state index in [1.54, 1.807) is 0 Å². The molecule has 1 aromatic carbocycles. The van der Waals surface area contributed by atoms with Crippen LogP contribution in [0.25, 0.3) is 0 Å². The zero-order valence-corrected chi connectivity index (χ0v) is 7.78. The minimum absolute atomic E-state index is 0.0403. The van der Waals surface area contributed by atoms with E-state index in [-0.39, 0.29) is 5.69 Å². The largest absolute Gasteiger partial charge is 0.333 e. The second kappa shape index (κ2) is 4.80. The van der Waals surface area contributed by atoms with Gasteiger partial charge >= 0.3 is 5.97 Å². The van der Waals surface area contributed by atoms with Gasteiger partial charge in [0, 0.05) is 24.3 Å². The lowest BCUT2D eigenvalue weighted by Gasteiger charge is -1.91. The van der Waals surface area contributed by atoms with Gasteiger partial charge < -0.3 is 4.84 Å². The van der Waals surface area contributed by atoms with Crippen LogP contribution < -0.4 is 0 Å². The van der Waals surface area contributed by atoms with Crippen LogP contribution in [-0.2, 0) is 9.63 Å². The Morgan fingerprint density at radius 3 is 2.47 bits per heavy atom. The zero-order valence-electron chi connectivity index (χ0n) is 7.78. The molecule has 0 aliphatic heterocycles. The summed E-state index contributed by atoms with van der Waals surface area (Å²) in [6.45, 7) is 1.19. The van der Waals surface area contributed by atoms with Crippen LogP contribution in [0.15, 0.2) is 34.7 Å². The van der Waals surface area contributed by atoms with Crippen molar-refractivity contribution in [2.45, 2.75) is 6.92 Å². The highest BCUT2D eigenvalue weighted by Crippen LogP contribution is 2.17. The fourth-order valence-electron chi connectivity index (χ4n) is 0.766. The molecule has 0 radical (unpaired) electrons. The third kappa shape index (κ3) is 3.51. The van der Waals surface area contributed by atoms with Crippen molar-refractivity contribution in [2.24, 2.45) is 10.4 Å². The van der Waals surface area contributed by atoms with Gasteiger partial charge in [0.15, 0.2) is 0 Å². The predicted octanol–water partition coefficient (Wildman–Crippen LogP) is 2.16. The number of carbonyl (C=O) groups is 1. The highest BCUT2D eigenvalue weighted by atomic mass is 16.7. The van der Waals surface area contributed by atoms with Crippen LogP contribution in [0.3, 0.4) is 0 Å². The molecule has 0 saturated heterocycles. The molecule has 0 bridgehead atoms. The van der Waals surface area contributed by atoms with Crippen molar-refractivity contribution in [1.82, 2.24) is 0 Å². The molecule has 1 aromatic rings. The number of non-ortho nitro benzene ring substituents is 1. The normalized spacial score (nSPS) is 10.2. The van der Waals surface area contributed by atoms with Crippen LogP contribution in [0.2, 0.25) is 0 Å². The molecule has 0 amide bonds. The summed E-state index contributed by atoms with van der Waals surface area (Å²) in [6, 6.07) is 5.35. The van der Waals surface area contributed by atoms with Crippen molar-refractivity contribution in [3.8, 4) is 0 Å². The Hall–Kier alpha value is -2.31. The summed E-state index contributed by atoms with van der Waals surface area (Å²) in [5.41, 5.74) is 0.322. The predicted molar refractivity (Wildman–Crippen MR) is 49.4 cm³/mol. The Morgan fingerprint density at radius 1 is 1.40 bits per heavy atom. The smallest absolute Gasteiger partial charge is 0.300 e. The number of carbonyl (C=O) groups excluding carboxylic acids is 1. The van der Waals surface area contributed by atoms with Crippen LogP contribution in [-0.4, -0.2) is 10.9 Å². The van der Waals surface area contributed by atoms with Gasteiger partial charge in [0.25, 0.3) is 5.69 Å². The number of nitrogens with zero attached hydrogens (tertiary/aromatic N) is 3. The number of hydrogen-bond donors (Lipinski definition) is 0. The van der Waals surface area contributed by atoms with Gasteiger partial charge in [-0.2, -0.15) is 0 Å². The molecule has 0 fully saturated rings. The first-order valence-corrected chi connectivity index (χ1v) is 3.92. The van der Waals surface area contributed by atoms with Gasteiger partial charge in [0.05, 0.1) is 10.6 Å². The van der Waals surface area contributed by atoms with Crippen LogP contribution in [0, 0.1) is 10.1 Å². The lowest BCUT2D eigenvalue weighted by atomic mass is 10.3. The quantitative estimate of drug-likeness (QED) is 0.433. The fourth-order valence-corrected chi connectivity index (χ4v) is 0.766. The Morgan fingerprint density at radius 2 is 2.00 bits per heavy atom. The molecule has 7 heteroatoms. The van der Waals surface area contributed by atoms with E-state index in [1.807, 2.05) is 0 Å². The van der Waals surface area contributed by atoms with Crippen LogP contribution in [0.5, 0.6) is 0 Å². The first-order valence-electron chi connectivity index (χ1n) is 3.92. The molecule has 0 unspecified atom stereocenters. The van der Waals surface area contributed by atoms with Crippen molar-refractivity contribution in [3.05, 3.63) is 34.4 Å². The summed E-state index contributed by atoms with van der Waals surface area (Å²) in [6.07, 6.45) is 0. The Labute approximate surface area is 84.5 Å². The molecular weight excluding hydrogens is 202 g/mol. The maximum absolute atomic E-state index is 10.3. The molecule has 0 heterocycles. The molecule has 0 aliphatic rings. The van der Waals surface area contributed by atoms with Gasteiger partial charge in [-0.1, -0.05) is 0 Å². The average molecular weight is 209 g/mol. The lowest BCUT2D eigenvalue weighted by molar-refractivity contribution is -0.384. The minimum Gasteiger partial charge on any atom is -0.300 e. The number of benzene rings is 1. The van der Waals surface area contributed by atoms with Gasteiger partial charge in [0.1, 0.15) is 0 Å². The molecule has 1 rings (SSSR count).